The van der Waals surface area contributed by atoms with Crippen LogP contribution in [0, 0.1) is 5.92 Å². The summed E-state index contributed by atoms with van der Waals surface area (Å²) >= 11 is 0. The number of hydrogen-bond donors (Lipinski definition) is 0. The number of rotatable bonds is 6. The molecule has 1 aliphatic rings. The van der Waals surface area contributed by atoms with Crippen molar-refractivity contribution in [1.29, 1.82) is 0 Å². The van der Waals surface area contributed by atoms with Crippen molar-refractivity contribution in [3.63, 3.8) is 0 Å². The fourth-order valence-corrected chi connectivity index (χ4v) is 2.99. The quantitative estimate of drug-likeness (QED) is 0.634. The molecule has 0 atom stereocenters. The monoisotopic (exact) mass is 230 g/mol. The first kappa shape index (κ1) is 12.7. The molecule has 1 fully saturated rings. The van der Waals surface area contributed by atoms with Gasteiger partial charge in [-0.3, -0.25) is 0 Å². The van der Waals surface area contributed by atoms with Crippen LogP contribution in [0.1, 0.15) is 63.0 Å². The van der Waals surface area contributed by atoms with E-state index in [0.29, 0.717) is 0 Å². The van der Waals surface area contributed by atoms with Crippen LogP contribution in [0.2, 0.25) is 0 Å². The Morgan fingerprint density at radius 2 is 1.76 bits per heavy atom. The zero-order chi connectivity index (χ0) is 11.9. The van der Waals surface area contributed by atoms with Crippen molar-refractivity contribution in [2.45, 2.75) is 64.7 Å². The molecule has 1 aromatic carbocycles. The van der Waals surface area contributed by atoms with Crippen molar-refractivity contribution >= 4 is 0 Å². The lowest BCUT2D eigenvalue weighted by atomic mass is 9.96. The minimum atomic E-state index is 1.02. The summed E-state index contributed by atoms with van der Waals surface area (Å²) in [7, 11) is 0. The molecule has 94 valence electrons. The topological polar surface area (TPSA) is 0 Å². The molecule has 0 spiro atoms. The minimum absolute atomic E-state index is 1.02. The van der Waals surface area contributed by atoms with Gasteiger partial charge in [0.25, 0.3) is 0 Å². The first-order valence-electron chi connectivity index (χ1n) is 7.46. The first-order chi connectivity index (χ1) is 8.38. The molecule has 0 unspecified atom stereocenters. The maximum atomic E-state index is 2.44. The van der Waals surface area contributed by atoms with Gasteiger partial charge in [0.1, 0.15) is 0 Å². The molecule has 1 aromatic rings. The van der Waals surface area contributed by atoms with Crippen molar-refractivity contribution in [1.82, 2.24) is 0 Å². The van der Waals surface area contributed by atoms with Crippen molar-refractivity contribution < 1.29 is 0 Å². The molecule has 1 aliphatic carbocycles. The average molecular weight is 230 g/mol. The molecular formula is C17H26. The van der Waals surface area contributed by atoms with Crippen LogP contribution >= 0.6 is 0 Å². The summed E-state index contributed by atoms with van der Waals surface area (Å²) in [5.74, 6) is 1.02. The SMILES string of the molecule is CCCCc1cccc(CCC2CCCC2)c1. The highest BCUT2D eigenvalue weighted by atomic mass is 14.2. The van der Waals surface area contributed by atoms with Crippen LogP contribution in [0.4, 0.5) is 0 Å². The molecule has 0 nitrogen and oxygen atoms in total. The van der Waals surface area contributed by atoms with Gasteiger partial charge in [0.05, 0.1) is 0 Å². The van der Waals surface area contributed by atoms with E-state index in [1.165, 1.54) is 63.4 Å². The molecule has 0 aliphatic heterocycles. The molecule has 0 heteroatoms. The van der Waals surface area contributed by atoms with E-state index in [0.717, 1.165) is 5.92 Å². The molecule has 17 heavy (non-hydrogen) atoms. The van der Waals surface area contributed by atoms with Gasteiger partial charge in [-0.2, -0.15) is 0 Å². The predicted octanol–water partition coefficient (Wildman–Crippen LogP) is 5.15. The van der Waals surface area contributed by atoms with E-state index in [-0.39, 0.29) is 0 Å². The highest BCUT2D eigenvalue weighted by molar-refractivity contribution is 5.23. The smallest absolute Gasteiger partial charge is 0.0276 e. The first-order valence-corrected chi connectivity index (χ1v) is 7.46. The Bertz CT molecular complexity index is 321. The van der Waals surface area contributed by atoms with Crippen molar-refractivity contribution in [2.75, 3.05) is 0 Å². The maximum absolute atomic E-state index is 2.44. The van der Waals surface area contributed by atoms with Crippen LogP contribution < -0.4 is 0 Å². The van der Waals surface area contributed by atoms with Gasteiger partial charge in [-0.25, -0.2) is 0 Å². The Labute approximate surface area is 106 Å². The van der Waals surface area contributed by atoms with Crippen LogP contribution in [0.5, 0.6) is 0 Å². The van der Waals surface area contributed by atoms with Crippen LogP contribution in [0.3, 0.4) is 0 Å². The third-order valence-electron chi connectivity index (χ3n) is 4.13. The van der Waals surface area contributed by atoms with Gasteiger partial charge in [0.2, 0.25) is 0 Å². The molecule has 0 heterocycles. The number of hydrogen-bond acceptors (Lipinski definition) is 0. The Kier molecular flexibility index (Phi) is 5.09. The second-order valence-corrected chi connectivity index (χ2v) is 5.61. The molecule has 0 aromatic heterocycles. The van der Waals surface area contributed by atoms with Crippen molar-refractivity contribution in [3.05, 3.63) is 35.4 Å². The number of benzene rings is 1. The van der Waals surface area contributed by atoms with Crippen LogP contribution in [0.15, 0.2) is 24.3 Å². The standard InChI is InChI=1S/C17H26/c1-2-3-7-16-10-6-11-17(14-16)13-12-15-8-4-5-9-15/h6,10-11,14-15H,2-5,7-9,12-13H2,1H3. The van der Waals surface area contributed by atoms with Gasteiger partial charge in [0.15, 0.2) is 0 Å². The van der Waals surface area contributed by atoms with Gasteiger partial charge in [-0.05, 0) is 42.7 Å². The Balaban J connectivity index is 1.82. The van der Waals surface area contributed by atoms with Crippen LogP contribution in [-0.2, 0) is 12.8 Å². The second-order valence-electron chi connectivity index (χ2n) is 5.61. The normalized spacial score (nSPS) is 16.5. The van der Waals surface area contributed by atoms with Gasteiger partial charge < -0.3 is 0 Å². The van der Waals surface area contributed by atoms with E-state index in [1.54, 1.807) is 5.56 Å². The Morgan fingerprint density at radius 1 is 1.06 bits per heavy atom. The number of aryl methyl sites for hydroxylation is 2. The van der Waals surface area contributed by atoms with Crippen LogP contribution in [-0.4, -0.2) is 0 Å². The van der Waals surface area contributed by atoms with E-state index in [1.807, 2.05) is 0 Å². The van der Waals surface area contributed by atoms with Crippen LogP contribution in [0.25, 0.3) is 0 Å². The zero-order valence-electron chi connectivity index (χ0n) is 11.3. The summed E-state index contributed by atoms with van der Waals surface area (Å²) in [5.41, 5.74) is 3.10. The summed E-state index contributed by atoms with van der Waals surface area (Å²) in [5, 5.41) is 0. The highest BCUT2D eigenvalue weighted by Crippen LogP contribution is 2.28. The van der Waals surface area contributed by atoms with E-state index in [2.05, 4.69) is 31.2 Å². The summed E-state index contributed by atoms with van der Waals surface area (Å²) < 4.78 is 0. The molecule has 0 bridgehead atoms. The summed E-state index contributed by atoms with van der Waals surface area (Å²) in [6, 6.07) is 9.28. The molecule has 0 amide bonds. The van der Waals surface area contributed by atoms with Gasteiger partial charge in [-0.1, -0.05) is 63.3 Å². The Morgan fingerprint density at radius 3 is 2.47 bits per heavy atom. The fourth-order valence-electron chi connectivity index (χ4n) is 2.99. The molecule has 0 radical (unpaired) electrons. The van der Waals surface area contributed by atoms with Gasteiger partial charge >= 0.3 is 0 Å². The van der Waals surface area contributed by atoms with E-state index in [9.17, 15) is 0 Å². The van der Waals surface area contributed by atoms with E-state index < -0.39 is 0 Å². The average Bonchev–Trinajstić information content (AvgIpc) is 2.87. The van der Waals surface area contributed by atoms with E-state index >= 15 is 0 Å². The van der Waals surface area contributed by atoms with Crippen molar-refractivity contribution in [3.8, 4) is 0 Å². The molecular weight excluding hydrogens is 204 g/mol. The van der Waals surface area contributed by atoms with Gasteiger partial charge in [0, 0.05) is 0 Å². The second kappa shape index (κ2) is 6.83. The third-order valence-corrected chi connectivity index (χ3v) is 4.13. The minimum Gasteiger partial charge on any atom is -0.0654 e. The molecule has 0 N–H and O–H groups in total. The zero-order valence-corrected chi connectivity index (χ0v) is 11.3. The maximum Gasteiger partial charge on any atom is -0.0276 e. The summed E-state index contributed by atoms with van der Waals surface area (Å²) in [6.07, 6.45) is 12.5. The fraction of sp³-hybridized carbons (Fsp3) is 0.647. The molecule has 0 saturated heterocycles. The highest BCUT2D eigenvalue weighted by Gasteiger charge is 2.14. The van der Waals surface area contributed by atoms with E-state index in [4.69, 9.17) is 0 Å². The lowest BCUT2D eigenvalue weighted by Crippen LogP contribution is -1.97. The Hall–Kier alpha value is -0.780. The number of unbranched alkanes of at least 4 members (excludes halogenated alkanes) is 1. The van der Waals surface area contributed by atoms with Crippen molar-refractivity contribution in [2.24, 2.45) is 5.92 Å². The lowest BCUT2D eigenvalue weighted by molar-refractivity contribution is 0.504. The summed E-state index contributed by atoms with van der Waals surface area (Å²) in [4.78, 5) is 0. The largest absolute Gasteiger partial charge is 0.0654 e. The molecule has 2 rings (SSSR count). The molecule has 1 saturated carbocycles. The third kappa shape index (κ3) is 4.18. The summed E-state index contributed by atoms with van der Waals surface area (Å²) in [6.45, 7) is 2.27. The van der Waals surface area contributed by atoms with Gasteiger partial charge in [-0.15, -0.1) is 0 Å². The predicted molar refractivity (Wildman–Crippen MR) is 75.3 cm³/mol. The lowest BCUT2D eigenvalue weighted by Gasteiger charge is -2.09.